The number of nitriles is 1. The molecule has 10 aliphatic rings. The van der Waals surface area contributed by atoms with E-state index in [2.05, 4.69) is 124 Å². The normalized spacial score (nSPS) is 16.0. The zero-order valence-corrected chi connectivity index (χ0v) is 85.5. The topological polar surface area (TPSA) is 377 Å². The van der Waals surface area contributed by atoms with Crippen molar-refractivity contribution in [2.75, 3.05) is 59.3 Å². The third-order valence-electron chi connectivity index (χ3n) is 29.7. The molecule has 147 heavy (non-hydrogen) atoms. The average Bonchev–Trinajstić information content (AvgIpc) is 1.64. The van der Waals surface area contributed by atoms with Crippen LogP contribution in [0.1, 0.15) is 166 Å². The molecular weight excluding hydrogens is 1860 g/mol. The van der Waals surface area contributed by atoms with Gasteiger partial charge in [-0.15, -0.1) is 0 Å². The Bertz CT molecular complexity index is 7530. The molecule has 0 unspecified atom stereocenters. The number of aromatic nitrogens is 21. The Kier molecular flexibility index (Phi) is 27.4. The molecule has 5 saturated carbocycles. The van der Waals surface area contributed by atoms with Crippen LogP contribution in [0.25, 0.3) is 55.5 Å². The van der Waals surface area contributed by atoms with E-state index in [-0.39, 0.29) is 35.4 Å². The highest BCUT2D eigenvalue weighted by Crippen LogP contribution is 2.44. The summed E-state index contributed by atoms with van der Waals surface area (Å²) in [7, 11) is 9.47. The number of halogens is 1. The molecule has 15 aromatic rings. The molecule has 11 aromatic heterocycles. The Morgan fingerprint density at radius 2 is 0.721 bits per heavy atom. The lowest BCUT2D eigenvalue weighted by Gasteiger charge is -2.27. The molecule has 37 nitrogen and oxygen atoms in total. The van der Waals surface area contributed by atoms with Crippen molar-refractivity contribution in [1.82, 2.24) is 127 Å². The molecule has 5 fully saturated rings. The number of nitrogens with zero attached hydrogens (tertiary/aromatic N) is 27. The van der Waals surface area contributed by atoms with Crippen LogP contribution in [-0.2, 0) is 157 Å². The van der Waals surface area contributed by atoms with Crippen molar-refractivity contribution in [3.8, 4) is 50.7 Å². The minimum atomic E-state index is -0.340. The molecule has 0 spiro atoms. The third-order valence-corrected chi connectivity index (χ3v) is 29.7. The number of amides is 5. The van der Waals surface area contributed by atoms with Crippen LogP contribution in [0.4, 0.5) is 61.9 Å². The van der Waals surface area contributed by atoms with E-state index in [4.69, 9.17) is 25.5 Å². The van der Waals surface area contributed by atoms with Crippen LogP contribution in [0.5, 0.6) is 0 Å². The van der Waals surface area contributed by atoms with Crippen LogP contribution < -0.4 is 26.6 Å². The average molecular weight is 1980 g/mol. The minimum absolute atomic E-state index is 0.0475. The first-order chi connectivity index (χ1) is 71.1. The lowest BCUT2D eigenvalue weighted by molar-refractivity contribution is -0.130. The standard InChI is InChI=1S/C23H25N7O.C23H28N6O.C22H25FN6O.C21H25N7O.C20H24N6O/c1-15(31)29-9-8-22-20(14-29)23(27-30(22)12-16-6-7-16)26-21-5-3-4-18(19(21)10-24)17-11-25-28(2)13-17;1-15-4-7-19(10-20(15)18-11-24-27(3)13-18)25-23-21-14-28(16(2)30)9-8-22(21)29(26-23)12-17-5-6-17;1-14(30)28-8-7-21-18(13-28)22(26-29(21)11-15-3-4-15)25-20-9-16(5-6-19(20)23)17-10-24-27(2)12-17;1-14(29)27-8-7-20-18(13-27)21(25-28(20)11-15-3-4-15)24-17-5-6-19(22-10-17)16-9-23-26(2)12-16;1-13(27)25-8-7-19-17(12-25)20(23-26(19)10-14-3-4-14)21-16-6-5-15-11-24(2)22-18(15)9-16/h3-5,11,13,16H,6-9,12,14H2,1-2H3,(H,26,27);4,7,10-11,13,17H,5-6,8-9,12,14H2,1-3H3,(H,25,26);5-6,9-10,12,15H,3-4,7-8,11,13H2,1-2H3,(H,25,26);5-6,9-10,12,15H,3-4,7-8,11,13H2,1-2H3,(H,24,25);5-6,9,11,14H,3-4,7-8,10,12H2,1-2H3,(H,21,23). The number of hydrogen-bond donors (Lipinski definition) is 5. The van der Waals surface area contributed by atoms with Crippen molar-refractivity contribution < 1.29 is 28.4 Å². The second-order valence-corrected chi connectivity index (χ2v) is 41.3. The fourth-order valence-electron chi connectivity index (χ4n) is 20.4. The summed E-state index contributed by atoms with van der Waals surface area (Å²) in [5.74, 6) is 7.73. The molecule has 25 rings (SSSR count). The van der Waals surface area contributed by atoms with Crippen LogP contribution in [-0.4, -0.2) is 190 Å². The molecule has 0 atom stereocenters. The molecule has 4 aromatic carbocycles. The number of nitrogens with one attached hydrogen (secondary N) is 5. The molecular formula is C109H127FN32O5. The van der Waals surface area contributed by atoms with Crippen molar-refractivity contribution >= 4 is 98.0 Å². The highest BCUT2D eigenvalue weighted by Gasteiger charge is 2.38. The Labute approximate surface area is 852 Å². The van der Waals surface area contributed by atoms with E-state index in [9.17, 15) is 33.6 Å². The highest BCUT2D eigenvalue weighted by molar-refractivity contribution is 5.85. The maximum Gasteiger partial charge on any atom is 0.219 e. The Morgan fingerprint density at radius 1 is 0.361 bits per heavy atom. The van der Waals surface area contributed by atoms with Gasteiger partial charge in [-0.3, -0.25) is 75.8 Å². The van der Waals surface area contributed by atoms with Crippen molar-refractivity contribution in [3.05, 3.63) is 220 Å². The van der Waals surface area contributed by atoms with Gasteiger partial charge in [0.25, 0.3) is 0 Å². The number of pyridine rings is 1. The second kappa shape index (κ2) is 41.3. The molecule has 38 heteroatoms. The van der Waals surface area contributed by atoms with E-state index >= 15 is 0 Å². The van der Waals surface area contributed by atoms with Gasteiger partial charge in [0.05, 0.1) is 97.5 Å². The summed E-state index contributed by atoms with van der Waals surface area (Å²) < 4.78 is 34.2. The van der Waals surface area contributed by atoms with E-state index in [0.29, 0.717) is 73.9 Å². The summed E-state index contributed by atoms with van der Waals surface area (Å²) in [6, 6.07) is 29.6. The molecule has 0 bridgehead atoms. The van der Waals surface area contributed by atoms with Crippen LogP contribution in [0, 0.1) is 53.7 Å². The van der Waals surface area contributed by atoms with Crippen molar-refractivity contribution in [1.29, 1.82) is 5.26 Å². The largest absolute Gasteiger partial charge is 0.338 e. The van der Waals surface area contributed by atoms with Crippen LogP contribution in [0.2, 0.25) is 0 Å². The fraction of sp³-hybridized carbons (Fsp3) is 0.422. The van der Waals surface area contributed by atoms with Gasteiger partial charge in [-0.2, -0.15) is 56.2 Å². The highest BCUT2D eigenvalue weighted by atomic mass is 19.1. The number of hydrogen-bond acceptors (Lipinski definition) is 22. The Morgan fingerprint density at radius 3 is 1.10 bits per heavy atom. The Hall–Kier alpha value is -15.8. The number of aryl methyl sites for hydroxylation is 6. The van der Waals surface area contributed by atoms with Gasteiger partial charge in [-0.25, -0.2) is 4.39 Å². The minimum Gasteiger partial charge on any atom is -0.338 e. The zero-order chi connectivity index (χ0) is 102. The maximum absolute atomic E-state index is 14.7. The molecule has 5 aliphatic carbocycles. The predicted molar refractivity (Wildman–Crippen MR) is 558 cm³/mol. The maximum atomic E-state index is 14.7. The third kappa shape index (κ3) is 22.4. The van der Waals surface area contributed by atoms with E-state index < -0.39 is 0 Å². The van der Waals surface area contributed by atoms with Gasteiger partial charge < -0.3 is 51.1 Å². The van der Waals surface area contributed by atoms with Crippen LogP contribution in [0.15, 0.2) is 147 Å². The first-order valence-corrected chi connectivity index (χ1v) is 51.5. The molecule has 760 valence electrons. The first kappa shape index (κ1) is 97.2. The van der Waals surface area contributed by atoms with Gasteiger partial charge in [0, 0.05) is 299 Å². The van der Waals surface area contributed by atoms with Crippen molar-refractivity contribution in [2.45, 2.75) is 203 Å². The van der Waals surface area contributed by atoms with Gasteiger partial charge in [0.15, 0.2) is 29.1 Å². The summed E-state index contributed by atoms with van der Waals surface area (Å²) in [5, 5.41) is 74.0. The number of anilines is 10. The number of carbonyl (C=O) groups excluding carboxylic acids is 5. The predicted octanol–water partition coefficient (Wildman–Crippen LogP) is 15.9. The number of benzene rings is 4. The van der Waals surface area contributed by atoms with E-state index in [1.54, 1.807) is 73.2 Å². The monoisotopic (exact) mass is 1980 g/mol. The summed E-state index contributed by atoms with van der Waals surface area (Å²) in [4.78, 5) is 73.7. The van der Waals surface area contributed by atoms with Gasteiger partial charge in [-0.1, -0.05) is 24.3 Å². The number of carbonyl (C=O) groups is 5. The molecule has 0 radical (unpaired) electrons. The molecule has 5 aliphatic heterocycles. The lowest BCUT2D eigenvalue weighted by Crippen LogP contribution is -2.34. The van der Waals surface area contributed by atoms with Crippen molar-refractivity contribution in [3.63, 3.8) is 0 Å². The van der Waals surface area contributed by atoms with Gasteiger partial charge in [0.1, 0.15) is 11.9 Å². The van der Waals surface area contributed by atoms with Crippen LogP contribution >= 0.6 is 0 Å². The quantitative estimate of drug-likeness (QED) is 0.0375. The van der Waals surface area contributed by atoms with E-state index in [0.717, 1.165) is 238 Å². The molecule has 5 N–H and O–H groups in total. The summed E-state index contributed by atoms with van der Waals surface area (Å²) in [6.45, 7) is 21.6. The SMILES string of the molecule is CC(=O)N1CCc2c(c(Nc3cc(-c4cnn(C)c4)ccc3F)nn2CC2CC2)C1.CC(=O)N1CCc2c(c(Nc3ccc(-c4cnn(C)c4)nc3)nn2CC2CC2)C1.CC(=O)N1CCc2c(c(Nc3ccc(C)c(-c4cnn(C)c4)c3)nn2CC2CC2)C1.CC(=O)N1CCc2c(c(Nc3ccc4cn(C)nc4c3)nn2CC2CC2)C1.CC(=O)N1CCc2c(c(Nc3cccc(-c4cnn(C)c4)c3C#N)nn2CC2CC2)C1. The summed E-state index contributed by atoms with van der Waals surface area (Å²) >= 11 is 0. The lowest BCUT2D eigenvalue weighted by atomic mass is 10.0. The fourth-order valence-corrected chi connectivity index (χ4v) is 20.4. The van der Waals surface area contributed by atoms with E-state index in [1.807, 2.05) is 155 Å². The molecule has 16 heterocycles. The van der Waals surface area contributed by atoms with Gasteiger partial charge in [0.2, 0.25) is 29.5 Å². The van der Waals surface area contributed by atoms with Gasteiger partial charge in [-0.05, 0) is 178 Å². The first-order valence-electron chi connectivity index (χ1n) is 51.5. The van der Waals surface area contributed by atoms with Crippen molar-refractivity contribution in [2.24, 2.45) is 64.8 Å². The van der Waals surface area contributed by atoms with Gasteiger partial charge >= 0.3 is 0 Å². The van der Waals surface area contributed by atoms with Crippen LogP contribution in [0.3, 0.4) is 0 Å². The number of fused-ring (bicyclic) bond motifs is 6. The molecule has 5 amide bonds. The second-order valence-electron chi connectivity index (χ2n) is 41.3. The smallest absolute Gasteiger partial charge is 0.219 e. The molecule has 0 saturated heterocycles. The summed E-state index contributed by atoms with van der Waals surface area (Å²) in [5.41, 5.74) is 26.0. The van der Waals surface area contributed by atoms with E-state index in [1.165, 1.54) is 98.6 Å². The Balaban J connectivity index is 0.000000108. The zero-order valence-electron chi connectivity index (χ0n) is 85.5. The summed E-state index contributed by atoms with van der Waals surface area (Å²) in [6.07, 6.45) is 35.7. The number of rotatable bonds is 24.